The van der Waals surface area contributed by atoms with Crippen LogP contribution >= 0.6 is 11.3 Å². The van der Waals surface area contributed by atoms with E-state index in [0.29, 0.717) is 10.6 Å². The highest BCUT2D eigenvalue weighted by Crippen LogP contribution is 2.22. The van der Waals surface area contributed by atoms with Gasteiger partial charge in [-0.05, 0) is 12.1 Å². The van der Waals surface area contributed by atoms with Crippen LogP contribution in [0, 0.1) is 0 Å². The van der Waals surface area contributed by atoms with Gasteiger partial charge < -0.3 is 0 Å². The standard InChI is InChI=1S/C15H10N2OS/c18-14(11-5-2-1-3-6-11)15-17-13(10-19-15)12-7-4-8-16-9-12/h1-10H. The summed E-state index contributed by atoms with van der Waals surface area (Å²) in [5.74, 6) is -0.0410. The molecule has 0 atom stereocenters. The number of pyridine rings is 1. The molecule has 4 heteroatoms. The third-order valence-electron chi connectivity index (χ3n) is 2.69. The number of nitrogens with zero attached hydrogens (tertiary/aromatic N) is 2. The lowest BCUT2D eigenvalue weighted by Crippen LogP contribution is -2.00. The van der Waals surface area contributed by atoms with Crippen LogP contribution in [-0.2, 0) is 0 Å². The maximum atomic E-state index is 12.2. The molecule has 0 aliphatic carbocycles. The molecular formula is C15H10N2OS. The fourth-order valence-electron chi connectivity index (χ4n) is 1.74. The van der Waals surface area contributed by atoms with Gasteiger partial charge in [-0.25, -0.2) is 4.98 Å². The van der Waals surface area contributed by atoms with Gasteiger partial charge in [0, 0.05) is 28.9 Å². The Hall–Kier alpha value is -2.33. The lowest BCUT2D eigenvalue weighted by Gasteiger charge is -1.96. The summed E-state index contributed by atoms with van der Waals surface area (Å²) in [6.07, 6.45) is 3.46. The van der Waals surface area contributed by atoms with E-state index in [0.717, 1.165) is 11.3 Å². The summed E-state index contributed by atoms with van der Waals surface area (Å²) < 4.78 is 0. The molecule has 0 aliphatic heterocycles. The third kappa shape index (κ3) is 2.44. The maximum Gasteiger partial charge on any atom is 0.221 e. The van der Waals surface area contributed by atoms with Crippen LogP contribution in [0.15, 0.2) is 60.2 Å². The average Bonchev–Trinajstić information content (AvgIpc) is 2.98. The van der Waals surface area contributed by atoms with Crippen LogP contribution in [-0.4, -0.2) is 15.8 Å². The second-order valence-corrected chi connectivity index (χ2v) is 4.83. The van der Waals surface area contributed by atoms with Gasteiger partial charge in [0.05, 0.1) is 5.69 Å². The monoisotopic (exact) mass is 266 g/mol. The zero-order valence-electron chi connectivity index (χ0n) is 9.98. The minimum absolute atomic E-state index is 0.0410. The molecule has 3 aromatic rings. The Morgan fingerprint density at radius 1 is 1.05 bits per heavy atom. The summed E-state index contributed by atoms with van der Waals surface area (Å²) in [5.41, 5.74) is 2.37. The molecule has 3 rings (SSSR count). The molecule has 92 valence electrons. The lowest BCUT2D eigenvalue weighted by molar-refractivity contribution is 0.103. The zero-order valence-corrected chi connectivity index (χ0v) is 10.8. The summed E-state index contributed by atoms with van der Waals surface area (Å²) in [4.78, 5) is 20.7. The Kier molecular flexibility index (Phi) is 3.16. The first-order valence-corrected chi connectivity index (χ1v) is 6.68. The van der Waals surface area contributed by atoms with Crippen LogP contribution in [0.4, 0.5) is 0 Å². The Bertz CT molecular complexity index is 692. The molecule has 19 heavy (non-hydrogen) atoms. The molecule has 0 aliphatic rings. The Morgan fingerprint density at radius 3 is 2.63 bits per heavy atom. The van der Waals surface area contributed by atoms with E-state index in [2.05, 4.69) is 9.97 Å². The van der Waals surface area contributed by atoms with Gasteiger partial charge >= 0.3 is 0 Å². The van der Waals surface area contributed by atoms with Crippen molar-refractivity contribution in [2.24, 2.45) is 0 Å². The summed E-state index contributed by atoms with van der Waals surface area (Å²) in [5, 5.41) is 2.39. The van der Waals surface area contributed by atoms with Gasteiger partial charge in [0.25, 0.3) is 0 Å². The highest BCUT2D eigenvalue weighted by molar-refractivity contribution is 7.12. The van der Waals surface area contributed by atoms with Gasteiger partial charge in [-0.1, -0.05) is 30.3 Å². The zero-order chi connectivity index (χ0) is 13.1. The Morgan fingerprint density at radius 2 is 1.89 bits per heavy atom. The Labute approximate surface area is 114 Å². The van der Waals surface area contributed by atoms with Gasteiger partial charge in [0.15, 0.2) is 5.01 Å². The fraction of sp³-hybridized carbons (Fsp3) is 0. The molecule has 2 aromatic heterocycles. The van der Waals surface area contributed by atoms with Crippen molar-refractivity contribution in [2.75, 3.05) is 0 Å². The van der Waals surface area contributed by atoms with Crippen molar-refractivity contribution in [2.45, 2.75) is 0 Å². The number of benzene rings is 1. The largest absolute Gasteiger partial charge is 0.286 e. The van der Waals surface area contributed by atoms with E-state index in [-0.39, 0.29) is 5.78 Å². The van der Waals surface area contributed by atoms with Crippen LogP contribution in [0.25, 0.3) is 11.3 Å². The average molecular weight is 266 g/mol. The molecule has 0 unspecified atom stereocenters. The van der Waals surface area contributed by atoms with Crippen LogP contribution in [0.2, 0.25) is 0 Å². The van der Waals surface area contributed by atoms with E-state index in [1.807, 2.05) is 35.7 Å². The SMILES string of the molecule is O=C(c1ccccc1)c1nc(-c2cccnc2)cs1. The quantitative estimate of drug-likeness (QED) is 0.682. The van der Waals surface area contributed by atoms with Crippen LogP contribution < -0.4 is 0 Å². The lowest BCUT2D eigenvalue weighted by atomic mass is 10.1. The van der Waals surface area contributed by atoms with Crippen molar-refractivity contribution in [3.8, 4) is 11.3 Å². The molecule has 0 amide bonds. The smallest absolute Gasteiger partial charge is 0.221 e. The van der Waals surface area contributed by atoms with Crippen LogP contribution in [0.5, 0.6) is 0 Å². The molecule has 0 fully saturated rings. The second kappa shape index (κ2) is 5.12. The molecule has 0 N–H and O–H groups in total. The molecule has 2 heterocycles. The van der Waals surface area contributed by atoms with E-state index < -0.39 is 0 Å². The van der Waals surface area contributed by atoms with Gasteiger partial charge in [0.1, 0.15) is 0 Å². The normalized spacial score (nSPS) is 10.3. The van der Waals surface area contributed by atoms with E-state index in [9.17, 15) is 4.79 Å². The molecule has 1 aromatic carbocycles. The van der Waals surface area contributed by atoms with Crippen molar-refractivity contribution in [3.63, 3.8) is 0 Å². The first kappa shape index (κ1) is 11.7. The molecular weight excluding hydrogens is 256 g/mol. The number of rotatable bonds is 3. The fourth-order valence-corrected chi connectivity index (χ4v) is 2.53. The number of ketones is 1. The minimum Gasteiger partial charge on any atom is -0.286 e. The number of hydrogen-bond acceptors (Lipinski definition) is 4. The van der Waals surface area contributed by atoms with Gasteiger partial charge in [-0.3, -0.25) is 9.78 Å². The third-order valence-corrected chi connectivity index (χ3v) is 3.53. The maximum absolute atomic E-state index is 12.2. The topological polar surface area (TPSA) is 42.9 Å². The van der Waals surface area contributed by atoms with Crippen molar-refractivity contribution < 1.29 is 4.79 Å². The number of hydrogen-bond donors (Lipinski definition) is 0. The summed E-state index contributed by atoms with van der Waals surface area (Å²) in [6.45, 7) is 0. The van der Waals surface area contributed by atoms with Crippen LogP contribution in [0.3, 0.4) is 0 Å². The number of carbonyl (C=O) groups excluding carboxylic acids is 1. The molecule has 0 spiro atoms. The minimum atomic E-state index is -0.0410. The number of carbonyl (C=O) groups is 1. The molecule has 3 nitrogen and oxygen atoms in total. The van der Waals surface area contributed by atoms with Gasteiger partial charge in [-0.2, -0.15) is 0 Å². The second-order valence-electron chi connectivity index (χ2n) is 3.97. The van der Waals surface area contributed by atoms with Crippen LogP contribution in [0.1, 0.15) is 15.4 Å². The number of aromatic nitrogens is 2. The highest BCUT2D eigenvalue weighted by atomic mass is 32.1. The summed E-state index contributed by atoms with van der Waals surface area (Å²) >= 11 is 1.36. The summed E-state index contributed by atoms with van der Waals surface area (Å²) in [7, 11) is 0. The first-order valence-electron chi connectivity index (χ1n) is 5.80. The predicted octanol–water partition coefficient (Wildman–Crippen LogP) is 3.44. The van der Waals surface area contributed by atoms with E-state index >= 15 is 0 Å². The van der Waals surface area contributed by atoms with E-state index in [1.54, 1.807) is 24.5 Å². The summed E-state index contributed by atoms with van der Waals surface area (Å²) in [6, 6.07) is 13.0. The van der Waals surface area contributed by atoms with Crippen molar-refractivity contribution in [3.05, 3.63) is 70.8 Å². The van der Waals surface area contributed by atoms with Gasteiger partial charge in [-0.15, -0.1) is 11.3 Å². The molecule has 0 radical (unpaired) electrons. The highest BCUT2D eigenvalue weighted by Gasteiger charge is 2.13. The van der Waals surface area contributed by atoms with Crippen molar-refractivity contribution in [1.29, 1.82) is 0 Å². The molecule has 0 saturated carbocycles. The predicted molar refractivity (Wildman–Crippen MR) is 75.2 cm³/mol. The number of thiazole rings is 1. The van der Waals surface area contributed by atoms with Gasteiger partial charge in [0.2, 0.25) is 5.78 Å². The Balaban J connectivity index is 1.92. The molecule has 0 saturated heterocycles. The van der Waals surface area contributed by atoms with Crippen molar-refractivity contribution in [1.82, 2.24) is 9.97 Å². The van der Waals surface area contributed by atoms with E-state index in [4.69, 9.17) is 0 Å². The van der Waals surface area contributed by atoms with Crippen molar-refractivity contribution >= 4 is 17.1 Å². The van der Waals surface area contributed by atoms with E-state index in [1.165, 1.54) is 11.3 Å². The molecule has 0 bridgehead atoms. The first-order chi connectivity index (χ1) is 9.34.